The van der Waals surface area contributed by atoms with Crippen LogP contribution < -0.4 is 5.32 Å². The average Bonchev–Trinajstić information content (AvgIpc) is 2.83. The number of carbonyl (C=O) groups is 2. The van der Waals surface area contributed by atoms with E-state index in [9.17, 15) is 9.59 Å². The third-order valence-corrected chi connectivity index (χ3v) is 3.69. The second-order valence-corrected chi connectivity index (χ2v) is 5.26. The average molecular weight is 264 g/mol. The van der Waals surface area contributed by atoms with Crippen LogP contribution in [0, 0.1) is 5.92 Å². The molecule has 5 heteroatoms. The summed E-state index contributed by atoms with van der Waals surface area (Å²) in [5.41, 5.74) is 0.914. The van der Waals surface area contributed by atoms with Gasteiger partial charge in [0.2, 0.25) is 5.91 Å². The zero-order valence-corrected chi connectivity index (χ0v) is 10.9. The number of amides is 1. The van der Waals surface area contributed by atoms with Crippen LogP contribution >= 0.6 is 0 Å². The summed E-state index contributed by atoms with van der Waals surface area (Å²) in [6.07, 6.45) is 5.98. The van der Waals surface area contributed by atoms with Crippen LogP contribution in [0.25, 0.3) is 0 Å². The van der Waals surface area contributed by atoms with Gasteiger partial charge in [0.15, 0.2) is 0 Å². The van der Waals surface area contributed by atoms with E-state index >= 15 is 0 Å². The van der Waals surface area contributed by atoms with Gasteiger partial charge >= 0.3 is 5.97 Å². The normalized spacial score (nSPS) is 22.9. The van der Waals surface area contributed by atoms with Crippen molar-refractivity contribution in [2.24, 2.45) is 5.92 Å². The molecule has 5 nitrogen and oxygen atoms in total. The van der Waals surface area contributed by atoms with Gasteiger partial charge < -0.3 is 15.4 Å². The number of rotatable bonds is 5. The van der Waals surface area contributed by atoms with Crippen molar-refractivity contribution >= 4 is 11.9 Å². The molecule has 3 N–H and O–H groups in total. The maximum absolute atomic E-state index is 11.8. The summed E-state index contributed by atoms with van der Waals surface area (Å²) in [6.45, 7) is 0. The fraction of sp³-hybridized carbons (Fsp3) is 0.571. The Morgan fingerprint density at radius 3 is 2.63 bits per heavy atom. The lowest BCUT2D eigenvalue weighted by Gasteiger charge is -2.28. The first-order chi connectivity index (χ1) is 9.13. The number of aliphatic carboxylic acids is 1. The van der Waals surface area contributed by atoms with Crippen molar-refractivity contribution in [3.63, 3.8) is 0 Å². The van der Waals surface area contributed by atoms with Crippen LogP contribution in [0.1, 0.15) is 37.8 Å². The molecule has 0 atom stereocenters. The highest BCUT2D eigenvalue weighted by Gasteiger charge is 2.23. The van der Waals surface area contributed by atoms with Gasteiger partial charge in [0.05, 0.1) is 6.42 Å². The van der Waals surface area contributed by atoms with Gasteiger partial charge in [-0.2, -0.15) is 0 Å². The third-order valence-electron chi connectivity index (χ3n) is 3.69. The van der Waals surface area contributed by atoms with Crippen molar-refractivity contribution in [2.75, 3.05) is 0 Å². The predicted molar refractivity (Wildman–Crippen MR) is 70.6 cm³/mol. The zero-order valence-electron chi connectivity index (χ0n) is 10.9. The van der Waals surface area contributed by atoms with E-state index in [0.717, 1.165) is 31.4 Å². The highest BCUT2D eigenvalue weighted by molar-refractivity contribution is 5.78. The molecule has 1 heterocycles. The summed E-state index contributed by atoms with van der Waals surface area (Å²) >= 11 is 0. The number of aromatic nitrogens is 1. The minimum atomic E-state index is -0.723. The summed E-state index contributed by atoms with van der Waals surface area (Å²) in [5.74, 6) is -0.419. The van der Waals surface area contributed by atoms with Crippen molar-refractivity contribution in [3.05, 3.63) is 24.0 Å². The molecule has 0 bridgehead atoms. The van der Waals surface area contributed by atoms with Crippen LogP contribution in [0.3, 0.4) is 0 Å². The van der Waals surface area contributed by atoms with Gasteiger partial charge in [-0.15, -0.1) is 0 Å². The van der Waals surface area contributed by atoms with E-state index in [-0.39, 0.29) is 24.3 Å². The molecule has 1 fully saturated rings. The second kappa shape index (κ2) is 6.41. The number of carbonyl (C=O) groups excluding carboxylic acids is 1. The third kappa shape index (κ3) is 4.43. The fourth-order valence-corrected chi connectivity index (χ4v) is 2.69. The molecule has 0 saturated heterocycles. The van der Waals surface area contributed by atoms with Crippen molar-refractivity contribution in [1.82, 2.24) is 10.3 Å². The monoisotopic (exact) mass is 264 g/mol. The van der Waals surface area contributed by atoms with Crippen LogP contribution in [-0.2, 0) is 16.0 Å². The maximum atomic E-state index is 11.8. The van der Waals surface area contributed by atoms with Gasteiger partial charge in [-0.25, -0.2) is 0 Å². The number of H-pyrrole nitrogens is 1. The molecule has 0 spiro atoms. The smallest absolute Gasteiger partial charge is 0.303 e. The topological polar surface area (TPSA) is 82.2 Å². The van der Waals surface area contributed by atoms with Crippen LogP contribution in [-0.4, -0.2) is 28.0 Å². The van der Waals surface area contributed by atoms with E-state index in [1.807, 2.05) is 12.1 Å². The molecule has 1 aliphatic carbocycles. The Hall–Kier alpha value is -1.78. The number of hydrogen-bond acceptors (Lipinski definition) is 2. The van der Waals surface area contributed by atoms with Gasteiger partial charge in [0, 0.05) is 24.4 Å². The Kier molecular flexibility index (Phi) is 4.60. The van der Waals surface area contributed by atoms with E-state index < -0.39 is 5.97 Å². The lowest BCUT2D eigenvalue weighted by Crippen LogP contribution is -2.38. The first kappa shape index (κ1) is 13.6. The number of aromatic amines is 1. The summed E-state index contributed by atoms with van der Waals surface area (Å²) in [6, 6.07) is 3.97. The Bertz CT molecular complexity index is 420. The molecule has 0 radical (unpaired) electrons. The zero-order chi connectivity index (χ0) is 13.7. The second-order valence-electron chi connectivity index (χ2n) is 5.26. The molecule has 1 aromatic heterocycles. The van der Waals surface area contributed by atoms with Crippen LogP contribution in [0.5, 0.6) is 0 Å². The summed E-state index contributed by atoms with van der Waals surface area (Å²) in [7, 11) is 0. The number of carboxylic acid groups (broad SMARTS) is 1. The Balaban J connectivity index is 1.70. The van der Waals surface area contributed by atoms with E-state index in [0.29, 0.717) is 6.42 Å². The molecule has 1 aromatic rings. The van der Waals surface area contributed by atoms with Crippen molar-refractivity contribution in [1.29, 1.82) is 0 Å². The largest absolute Gasteiger partial charge is 0.481 e. The minimum Gasteiger partial charge on any atom is -0.481 e. The SMILES string of the molecule is O=C(O)CC1CCC(NC(=O)Cc2ccc[nH]2)CC1. The molecule has 1 saturated carbocycles. The first-order valence-electron chi connectivity index (χ1n) is 6.77. The molecule has 19 heavy (non-hydrogen) atoms. The molecule has 1 aliphatic rings. The van der Waals surface area contributed by atoms with Gasteiger partial charge in [0.1, 0.15) is 0 Å². The number of carboxylic acids is 1. The van der Waals surface area contributed by atoms with Gasteiger partial charge in [-0.3, -0.25) is 9.59 Å². The number of hydrogen-bond donors (Lipinski definition) is 3. The van der Waals surface area contributed by atoms with Crippen molar-refractivity contribution in [2.45, 2.75) is 44.6 Å². The lowest BCUT2D eigenvalue weighted by molar-refractivity contribution is -0.138. The fourth-order valence-electron chi connectivity index (χ4n) is 2.69. The molecule has 0 unspecified atom stereocenters. The van der Waals surface area contributed by atoms with E-state index in [4.69, 9.17) is 5.11 Å². The van der Waals surface area contributed by atoms with Gasteiger partial charge in [-0.1, -0.05) is 0 Å². The lowest BCUT2D eigenvalue weighted by atomic mass is 9.84. The molecule has 104 valence electrons. The summed E-state index contributed by atoms with van der Waals surface area (Å²) in [4.78, 5) is 25.5. The van der Waals surface area contributed by atoms with Crippen LogP contribution in [0.4, 0.5) is 0 Å². The van der Waals surface area contributed by atoms with Gasteiger partial charge in [-0.05, 0) is 43.7 Å². The van der Waals surface area contributed by atoms with E-state index in [2.05, 4.69) is 10.3 Å². The standard InChI is InChI=1S/C14H20N2O3/c17-13(9-12-2-1-7-15-12)16-11-5-3-10(4-6-11)8-14(18)19/h1-2,7,10-11,15H,3-6,8-9H2,(H,16,17)(H,18,19). The Morgan fingerprint density at radius 1 is 1.32 bits per heavy atom. The van der Waals surface area contributed by atoms with Crippen LogP contribution in [0.2, 0.25) is 0 Å². The molecule has 0 aliphatic heterocycles. The molecular formula is C14H20N2O3. The molecule has 2 rings (SSSR count). The maximum Gasteiger partial charge on any atom is 0.303 e. The Morgan fingerprint density at radius 2 is 2.05 bits per heavy atom. The summed E-state index contributed by atoms with van der Waals surface area (Å²) < 4.78 is 0. The first-order valence-corrected chi connectivity index (χ1v) is 6.77. The predicted octanol–water partition coefficient (Wildman–Crippen LogP) is 1.71. The van der Waals surface area contributed by atoms with Gasteiger partial charge in [0.25, 0.3) is 0 Å². The minimum absolute atomic E-state index is 0.0316. The van der Waals surface area contributed by atoms with E-state index in [1.165, 1.54) is 0 Å². The van der Waals surface area contributed by atoms with E-state index in [1.54, 1.807) is 6.20 Å². The molecular weight excluding hydrogens is 244 g/mol. The highest BCUT2D eigenvalue weighted by atomic mass is 16.4. The Labute approximate surface area is 112 Å². The quantitative estimate of drug-likeness (QED) is 0.757. The molecule has 0 aromatic carbocycles. The van der Waals surface area contributed by atoms with Crippen LogP contribution in [0.15, 0.2) is 18.3 Å². The summed E-state index contributed by atoms with van der Waals surface area (Å²) in [5, 5.41) is 11.8. The highest BCUT2D eigenvalue weighted by Crippen LogP contribution is 2.26. The molecule has 1 amide bonds. The van der Waals surface area contributed by atoms with Crippen molar-refractivity contribution in [3.8, 4) is 0 Å². The number of nitrogens with one attached hydrogen (secondary N) is 2. The van der Waals surface area contributed by atoms with Crippen molar-refractivity contribution < 1.29 is 14.7 Å².